The lowest BCUT2D eigenvalue weighted by Gasteiger charge is -2.08. The minimum atomic E-state index is 0.811. The minimum Gasteiger partial charge on any atom is -0.314 e. The van der Waals surface area contributed by atoms with Crippen molar-refractivity contribution in [2.24, 2.45) is 9.98 Å². The van der Waals surface area contributed by atoms with E-state index < -0.39 is 0 Å². The summed E-state index contributed by atoms with van der Waals surface area (Å²) in [7, 11) is 0. The summed E-state index contributed by atoms with van der Waals surface area (Å²) in [6, 6.07) is 0. The molecule has 1 aliphatic heterocycles. The highest BCUT2D eigenvalue weighted by molar-refractivity contribution is 6.15. The summed E-state index contributed by atoms with van der Waals surface area (Å²) in [5.74, 6) is 0. The first-order valence-electron chi connectivity index (χ1n) is 6.81. The van der Waals surface area contributed by atoms with Crippen LogP contribution in [0.4, 0.5) is 0 Å². The first kappa shape index (κ1) is 15.2. The maximum absolute atomic E-state index is 4.25. The molecule has 1 heterocycles. The van der Waals surface area contributed by atoms with Gasteiger partial charge in [-0.15, -0.1) is 0 Å². The molecule has 6 heteroatoms. The van der Waals surface area contributed by atoms with Crippen LogP contribution >= 0.6 is 0 Å². The van der Waals surface area contributed by atoms with Crippen LogP contribution in [-0.4, -0.2) is 77.9 Å². The summed E-state index contributed by atoms with van der Waals surface area (Å²) in [6.07, 6.45) is 3.56. The fourth-order valence-electron chi connectivity index (χ4n) is 1.56. The Morgan fingerprint density at radius 1 is 0.500 bits per heavy atom. The van der Waals surface area contributed by atoms with E-state index in [9.17, 15) is 0 Å². The van der Waals surface area contributed by atoms with E-state index in [0.717, 1.165) is 65.4 Å². The first-order chi connectivity index (χ1) is 9.00. The van der Waals surface area contributed by atoms with Crippen LogP contribution in [0.2, 0.25) is 0 Å². The van der Waals surface area contributed by atoms with Gasteiger partial charge in [0.2, 0.25) is 0 Å². The molecule has 0 fully saturated rings. The molecule has 0 aromatic heterocycles. The predicted molar refractivity (Wildman–Crippen MR) is 78.2 cm³/mol. The monoisotopic (exact) mass is 254 g/mol. The lowest BCUT2D eigenvalue weighted by molar-refractivity contribution is 0.569. The van der Waals surface area contributed by atoms with Crippen LogP contribution in [0.25, 0.3) is 0 Å². The van der Waals surface area contributed by atoms with Crippen LogP contribution < -0.4 is 21.3 Å². The van der Waals surface area contributed by atoms with Crippen LogP contribution in [0.15, 0.2) is 9.98 Å². The van der Waals surface area contributed by atoms with Crippen molar-refractivity contribution >= 4 is 12.4 Å². The van der Waals surface area contributed by atoms with E-state index in [1.807, 2.05) is 0 Å². The minimum absolute atomic E-state index is 0.811. The van der Waals surface area contributed by atoms with Crippen molar-refractivity contribution in [3.05, 3.63) is 0 Å². The molecule has 0 radical (unpaired) electrons. The number of hydrogen-bond donors (Lipinski definition) is 4. The molecule has 4 N–H and O–H groups in total. The second kappa shape index (κ2) is 12.6. The standard InChI is InChI=1S/C12H26N6/c1-2-14-5-6-16-9-10-18-12-11-17-8-7-15-4-3-13-1/h1-2,15-18H,3-12H2. The molecule has 0 bridgehead atoms. The Morgan fingerprint density at radius 2 is 0.833 bits per heavy atom. The van der Waals surface area contributed by atoms with E-state index in [1.165, 1.54) is 0 Å². The normalized spacial score (nSPS) is 22.2. The average molecular weight is 254 g/mol. The number of nitrogens with one attached hydrogen (secondary N) is 4. The Balaban J connectivity index is 2.13. The van der Waals surface area contributed by atoms with Gasteiger partial charge in [0.05, 0.1) is 13.1 Å². The van der Waals surface area contributed by atoms with Crippen molar-refractivity contribution < 1.29 is 0 Å². The number of aliphatic imine (C=N–C) groups is 2. The maximum atomic E-state index is 4.25. The molecule has 0 spiro atoms. The average Bonchev–Trinajstić information content (AvgIpc) is 2.39. The summed E-state index contributed by atoms with van der Waals surface area (Å²) in [4.78, 5) is 8.49. The highest BCUT2D eigenvalue weighted by Crippen LogP contribution is 1.70. The molecule has 0 aromatic rings. The van der Waals surface area contributed by atoms with E-state index in [2.05, 4.69) is 31.3 Å². The first-order valence-corrected chi connectivity index (χ1v) is 6.81. The zero-order valence-corrected chi connectivity index (χ0v) is 11.1. The molecule has 1 aliphatic rings. The van der Waals surface area contributed by atoms with E-state index in [1.54, 1.807) is 12.4 Å². The van der Waals surface area contributed by atoms with Crippen LogP contribution in [0.3, 0.4) is 0 Å². The Labute approximate surface area is 110 Å². The van der Waals surface area contributed by atoms with Crippen LogP contribution in [0.5, 0.6) is 0 Å². The molecule has 18 heavy (non-hydrogen) atoms. The Bertz CT molecular complexity index is 205. The number of rotatable bonds is 0. The molecule has 0 amide bonds. The Morgan fingerprint density at radius 3 is 1.22 bits per heavy atom. The number of nitrogens with zero attached hydrogens (tertiary/aromatic N) is 2. The van der Waals surface area contributed by atoms with Gasteiger partial charge in [-0.25, -0.2) is 0 Å². The van der Waals surface area contributed by atoms with Gasteiger partial charge in [-0.3, -0.25) is 9.98 Å². The second-order valence-electron chi connectivity index (χ2n) is 4.11. The molecular weight excluding hydrogens is 228 g/mol. The lowest BCUT2D eigenvalue weighted by atomic mass is 10.5. The van der Waals surface area contributed by atoms with Gasteiger partial charge in [0.25, 0.3) is 0 Å². The molecule has 0 unspecified atom stereocenters. The summed E-state index contributed by atoms with van der Waals surface area (Å²) in [5.41, 5.74) is 0. The second-order valence-corrected chi connectivity index (χ2v) is 4.11. The van der Waals surface area contributed by atoms with E-state index in [-0.39, 0.29) is 0 Å². The van der Waals surface area contributed by atoms with E-state index in [0.29, 0.717) is 0 Å². The van der Waals surface area contributed by atoms with Crippen LogP contribution in [-0.2, 0) is 0 Å². The molecule has 0 atom stereocenters. The molecular formula is C12H26N6. The van der Waals surface area contributed by atoms with Gasteiger partial charge in [-0.1, -0.05) is 0 Å². The van der Waals surface area contributed by atoms with Crippen LogP contribution in [0, 0.1) is 0 Å². The third kappa shape index (κ3) is 10.3. The van der Waals surface area contributed by atoms with E-state index >= 15 is 0 Å². The highest BCUT2D eigenvalue weighted by atomic mass is 15.0. The third-order valence-corrected chi connectivity index (χ3v) is 2.55. The summed E-state index contributed by atoms with van der Waals surface area (Å²) >= 11 is 0. The Kier molecular flexibility index (Phi) is 10.7. The Hall–Kier alpha value is -0.820. The quantitative estimate of drug-likeness (QED) is 0.425. The molecule has 6 nitrogen and oxygen atoms in total. The van der Waals surface area contributed by atoms with Crippen molar-refractivity contribution in [3.8, 4) is 0 Å². The SMILES string of the molecule is C1=NCCNCCNCCNCCNCCN=C1. The van der Waals surface area contributed by atoms with Crippen LogP contribution in [0.1, 0.15) is 0 Å². The van der Waals surface area contributed by atoms with Gasteiger partial charge >= 0.3 is 0 Å². The summed E-state index contributed by atoms with van der Waals surface area (Å²) in [5, 5.41) is 13.4. The van der Waals surface area contributed by atoms with E-state index in [4.69, 9.17) is 0 Å². The van der Waals surface area contributed by atoms with Gasteiger partial charge in [-0.2, -0.15) is 0 Å². The van der Waals surface area contributed by atoms with Gasteiger partial charge in [0, 0.05) is 64.8 Å². The van der Waals surface area contributed by atoms with Crippen molar-refractivity contribution in [2.75, 3.05) is 65.4 Å². The van der Waals surface area contributed by atoms with Gasteiger partial charge in [0.1, 0.15) is 0 Å². The zero-order chi connectivity index (χ0) is 12.7. The number of hydrogen-bond acceptors (Lipinski definition) is 6. The smallest absolute Gasteiger partial charge is 0.0514 e. The predicted octanol–water partition coefficient (Wildman–Crippen LogP) is -1.50. The molecule has 1 rings (SSSR count). The molecule has 0 aliphatic carbocycles. The summed E-state index contributed by atoms with van der Waals surface area (Å²) in [6.45, 7) is 9.50. The largest absolute Gasteiger partial charge is 0.314 e. The van der Waals surface area contributed by atoms with Crippen molar-refractivity contribution in [3.63, 3.8) is 0 Å². The zero-order valence-electron chi connectivity index (χ0n) is 11.1. The fraction of sp³-hybridized carbons (Fsp3) is 0.833. The maximum Gasteiger partial charge on any atom is 0.0514 e. The molecule has 0 saturated carbocycles. The molecule has 0 saturated heterocycles. The van der Waals surface area contributed by atoms with Crippen molar-refractivity contribution in [1.29, 1.82) is 0 Å². The highest BCUT2D eigenvalue weighted by Gasteiger charge is 1.90. The lowest BCUT2D eigenvalue weighted by Crippen LogP contribution is -2.35. The topological polar surface area (TPSA) is 72.8 Å². The van der Waals surface area contributed by atoms with Crippen molar-refractivity contribution in [2.45, 2.75) is 0 Å². The van der Waals surface area contributed by atoms with Crippen molar-refractivity contribution in [1.82, 2.24) is 21.3 Å². The van der Waals surface area contributed by atoms with Gasteiger partial charge in [0.15, 0.2) is 0 Å². The summed E-state index contributed by atoms with van der Waals surface area (Å²) < 4.78 is 0. The van der Waals surface area contributed by atoms with Gasteiger partial charge < -0.3 is 21.3 Å². The van der Waals surface area contributed by atoms with Gasteiger partial charge in [-0.05, 0) is 0 Å². The fourth-order valence-corrected chi connectivity index (χ4v) is 1.56. The third-order valence-electron chi connectivity index (χ3n) is 2.55. The molecule has 0 aromatic carbocycles. The molecule has 104 valence electrons.